The standard InChI is InChI=1S/C27H28ClFN6O4/c1-5-6-15-9-16-12-34(25(38)39-26(2,3)4)13-27(17(16)10-19(15)29)33-23(36)22-18(28)11-20(24(37)35(22)27)32-21-7-8-30-14-31-21/h7-11,14H,5-6,12-13H2,1-4H3,(H,33,36)(H,30,31,32). The van der Waals surface area contributed by atoms with Gasteiger partial charge in [0.25, 0.3) is 11.5 Å². The number of ether oxygens (including phenoxy) is 1. The zero-order chi connectivity index (χ0) is 28.1. The van der Waals surface area contributed by atoms with Gasteiger partial charge in [-0.15, -0.1) is 0 Å². The molecule has 1 aromatic carbocycles. The molecule has 2 aliphatic rings. The number of carbonyl (C=O) groups excluding carboxylic acids is 2. The lowest BCUT2D eigenvalue weighted by molar-refractivity contribution is 0.0122. The highest BCUT2D eigenvalue weighted by atomic mass is 35.5. The Balaban J connectivity index is 1.73. The number of carbonyl (C=O) groups is 2. The van der Waals surface area contributed by atoms with Gasteiger partial charge in [-0.05, 0) is 56.5 Å². The van der Waals surface area contributed by atoms with Crippen LogP contribution in [-0.4, -0.2) is 43.6 Å². The molecule has 1 atom stereocenters. The van der Waals surface area contributed by atoms with Crippen LogP contribution in [0.2, 0.25) is 5.02 Å². The zero-order valence-corrected chi connectivity index (χ0v) is 22.7. The van der Waals surface area contributed by atoms with Gasteiger partial charge in [0.05, 0.1) is 11.6 Å². The van der Waals surface area contributed by atoms with Crippen LogP contribution in [0.5, 0.6) is 0 Å². The predicted molar refractivity (Wildman–Crippen MR) is 143 cm³/mol. The molecule has 0 saturated carbocycles. The molecule has 1 unspecified atom stereocenters. The number of fused-ring (bicyclic) bond motifs is 4. The maximum Gasteiger partial charge on any atom is 0.410 e. The second kappa shape index (κ2) is 9.64. The number of hydrogen-bond acceptors (Lipinski definition) is 7. The van der Waals surface area contributed by atoms with Crippen LogP contribution in [-0.2, 0) is 23.4 Å². The van der Waals surface area contributed by atoms with Crippen molar-refractivity contribution < 1.29 is 18.7 Å². The van der Waals surface area contributed by atoms with Crippen molar-refractivity contribution in [2.24, 2.45) is 0 Å². The first-order valence-electron chi connectivity index (χ1n) is 12.5. The Bertz CT molecular complexity index is 1540. The summed E-state index contributed by atoms with van der Waals surface area (Å²) in [5.41, 5.74) is -1.65. The molecule has 10 nitrogen and oxygen atoms in total. The van der Waals surface area contributed by atoms with E-state index in [2.05, 4.69) is 20.6 Å². The monoisotopic (exact) mass is 554 g/mol. The molecule has 0 fully saturated rings. The molecule has 5 rings (SSSR count). The summed E-state index contributed by atoms with van der Waals surface area (Å²) in [6.07, 6.45) is 3.38. The van der Waals surface area contributed by atoms with Gasteiger partial charge in [0.1, 0.15) is 34.9 Å². The largest absolute Gasteiger partial charge is 0.444 e. The van der Waals surface area contributed by atoms with Crippen LogP contribution in [0, 0.1) is 5.82 Å². The van der Waals surface area contributed by atoms with Crippen LogP contribution in [0.25, 0.3) is 0 Å². The van der Waals surface area contributed by atoms with Crippen molar-refractivity contribution in [3.63, 3.8) is 0 Å². The summed E-state index contributed by atoms with van der Waals surface area (Å²) in [6.45, 7) is 7.09. The van der Waals surface area contributed by atoms with Crippen molar-refractivity contribution in [3.8, 4) is 0 Å². The smallest absolute Gasteiger partial charge is 0.410 e. The Labute approximate surface area is 229 Å². The van der Waals surface area contributed by atoms with Gasteiger partial charge in [-0.2, -0.15) is 0 Å². The first kappa shape index (κ1) is 26.6. The Morgan fingerprint density at radius 3 is 2.72 bits per heavy atom. The van der Waals surface area contributed by atoms with E-state index in [4.69, 9.17) is 16.3 Å². The van der Waals surface area contributed by atoms with Gasteiger partial charge in [-0.3, -0.25) is 19.1 Å². The van der Waals surface area contributed by atoms with Crippen LogP contribution >= 0.6 is 11.6 Å². The van der Waals surface area contributed by atoms with Crippen molar-refractivity contribution >= 4 is 35.1 Å². The molecule has 2 amide bonds. The Hall–Kier alpha value is -3.99. The van der Waals surface area contributed by atoms with Gasteiger partial charge in [0.2, 0.25) is 0 Å². The van der Waals surface area contributed by atoms with Crippen molar-refractivity contribution in [3.05, 3.63) is 80.4 Å². The number of rotatable bonds is 4. The van der Waals surface area contributed by atoms with Gasteiger partial charge in [-0.1, -0.05) is 31.0 Å². The Morgan fingerprint density at radius 2 is 2.05 bits per heavy atom. The molecular formula is C27H28ClFN6O4. The first-order chi connectivity index (χ1) is 18.4. The first-order valence-corrected chi connectivity index (χ1v) is 12.9. The number of nitrogens with zero attached hydrogens (tertiary/aromatic N) is 4. The third kappa shape index (κ3) is 4.71. The number of hydrogen-bond donors (Lipinski definition) is 2. The number of amides is 2. The molecule has 0 bridgehead atoms. The number of aryl methyl sites for hydroxylation is 1. The van der Waals surface area contributed by atoms with Crippen molar-refractivity contribution in [2.75, 3.05) is 11.9 Å². The summed E-state index contributed by atoms with van der Waals surface area (Å²) in [5, 5.41) is 5.78. The third-order valence-electron chi connectivity index (χ3n) is 6.59. The lowest BCUT2D eigenvalue weighted by Gasteiger charge is -2.43. The topological polar surface area (TPSA) is 118 Å². The molecule has 0 aliphatic carbocycles. The third-order valence-corrected chi connectivity index (χ3v) is 6.87. The van der Waals surface area contributed by atoms with E-state index in [1.807, 2.05) is 6.92 Å². The fourth-order valence-electron chi connectivity index (χ4n) is 5.08. The number of anilines is 2. The lowest BCUT2D eigenvalue weighted by Crippen LogP contribution is -2.60. The Morgan fingerprint density at radius 1 is 1.28 bits per heavy atom. The fourth-order valence-corrected chi connectivity index (χ4v) is 5.36. The molecule has 12 heteroatoms. The number of halogens is 2. The average Bonchev–Trinajstić information content (AvgIpc) is 3.15. The molecule has 2 aliphatic heterocycles. The van der Waals surface area contributed by atoms with Gasteiger partial charge in [-0.25, -0.2) is 19.2 Å². The van der Waals surface area contributed by atoms with Crippen LogP contribution in [0.1, 0.15) is 61.3 Å². The lowest BCUT2D eigenvalue weighted by atomic mass is 9.87. The summed E-state index contributed by atoms with van der Waals surface area (Å²) < 4.78 is 22.2. The predicted octanol–water partition coefficient (Wildman–Crippen LogP) is 4.32. The van der Waals surface area contributed by atoms with E-state index in [-0.39, 0.29) is 29.5 Å². The minimum atomic E-state index is -1.63. The zero-order valence-electron chi connectivity index (χ0n) is 22.0. The highest BCUT2D eigenvalue weighted by Gasteiger charge is 2.52. The summed E-state index contributed by atoms with van der Waals surface area (Å²) in [4.78, 5) is 49.9. The highest BCUT2D eigenvalue weighted by molar-refractivity contribution is 6.34. The summed E-state index contributed by atoms with van der Waals surface area (Å²) in [6, 6.07) is 5.94. The highest BCUT2D eigenvalue weighted by Crippen LogP contribution is 2.40. The normalized spacial score (nSPS) is 18.0. The summed E-state index contributed by atoms with van der Waals surface area (Å²) in [5.74, 6) is -0.752. The number of benzene rings is 1. The molecule has 1 spiro atoms. The van der Waals surface area contributed by atoms with E-state index in [0.717, 1.165) is 0 Å². The van der Waals surface area contributed by atoms with Crippen LogP contribution < -0.4 is 16.2 Å². The van der Waals surface area contributed by atoms with Crippen molar-refractivity contribution in [1.29, 1.82) is 0 Å². The van der Waals surface area contributed by atoms with Crippen molar-refractivity contribution in [1.82, 2.24) is 24.8 Å². The van der Waals surface area contributed by atoms with Crippen LogP contribution in [0.3, 0.4) is 0 Å². The van der Waals surface area contributed by atoms with E-state index < -0.39 is 34.6 Å². The van der Waals surface area contributed by atoms with Gasteiger partial charge in [0.15, 0.2) is 5.66 Å². The minimum Gasteiger partial charge on any atom is -0.444 e. The molecule has 39 heavy (non-hydrogen) atoms. The second-order valence-corrected chi connectivity index (χ2v) is 11.0. The fraction of sp³-hybridized carbons (Fsp3) is 0.370. The van der Waals surface area contributed by atoms with E-state index in [9.17, 15) is 14.4 Å². The molecule has 0 saturated heterocycles. The quantitative estimate of drug-likeness (QED) is 0.493. The molecule has 0 radical (unpaired) electrons. The van der Waals surface area contributed by atoms with Gasteiger partial charge in [0, 0.05) is 18.3 Å². The van der Waals surface area contributed by atoms with E-state index >= 15 is 4.39 Å². The van der Waals surface area contributed by atoms with Crippen molar-refractivity contribution in [2.45, 2.75) is 58.3 Å². The molecule has 204 valence electrons. The van der Waals surface area contributed by atoms with E-state index in [0.29, 0.717) is 35.3 Å². The molecule has 2 aromatic heterocycles. The van der Waals surface area contributed by atoms with Crippen LogP contribution in [0.4, 0.5) is 20.7 Å². The average molecular weight is 555 g/mol. The van der Waals surface area contributed by atoms with Gasteiger partial charge < -0.3 is 15.4 Å². The molecule has 2 N–H and O–H groups in total. The summed E-state index contributed by atoms with van der Waals surface area (Å²) >= 11 is 6.55. The molecule has 4 heterocycles. The van der Waals surface area contributed by atoms with E-state index in [1.165, 1.54) is 34.1 Å². The van der Waals surface area contributed by atoms with Crippen LogP contribution in [0.15, 0.2) is 41.6 Å². The SMILES string of the molecule is CCCc1cc2c(cc1F)C1(CN(C(=O)OC(C)(C)C)C2)NC(=O)c2c(Cl)cc(Nc3ccncn3)c(=O)n21. The number of nitrogens with one attached hydrogen (secondary N) is 2. The minimum absolute atomic E-state index is 0.000419. The molecular weight excluding hydrogens is 527 g/mol. The summed E-state index contributed by atoms with van der Waals surface area (Å²) in [7, 11) is 0. The maximum atomic E-state index is 15.3. The maximum absolute atomic E-state index is 15.3. The molecule has 3 aromatic rings. The van der Waals surface area contributed by atoms with E-state index in [1.54, 1.807) is 32.9 Å². The number of aromatic nitrogens is 3. The second-order valence-electron chi connectivity index (χ2n) is 10.6. The van der Waals surface area contributed by atoms with Gasteiger partial charge >= 0.3 is 6.09 Å². The number of pyridine rings is 1. The Kier molecular flexibility index (Phi) is 6.58.